The number of nitriles is 1. The first-order valence-electron chi connectivity index (χ1n) is 6.86. The summed E-state index contributed by atoms with van der Waals surface area (Å²) >= 11 is 0. The number of esters is 2. The minimum atomic E-state index is -1.26. The summed E-state index contributed by atoms with van der Waals surface area (Å²) in [6.07, 6.45) is -0.864. The van der Waals surface area contributed by atoms with E-state index in [0.29, 0.717) is 12.8 Å². The Morgan fingerprint density at radius 2 is 2.30 bits per heavy atom. The summed E-state index contributed by atoms with van der Waals surface area (Å²) in [5, 5.41) is 9.35. The van der Waals surface area contributed by atoms with Gasteiger partial charge in [-0.05, 0) is 26.7 Å². The highest BCUT2D eigenvalue weighted by Crippen LogP contribution is 2.55. The monoisotopic (exact) mass is 279 g/mol. The second kappa shape index (κ2) is 3.95. The van der Waals surface area contributed by atoms with Crippen molar-refractivity contribution in [2.24, 2.45) is 11.3 Å². The van der Waals surface area contributed by atoms with Crippen molar-refractivity contribution in [3.8, 4) is 6.07 Å². The summed E-state index contributed by atoms with van der Waals surface area (Å²) in [5.74, 6) is -1.32. The molecule has 0 amide bonds. The molecule has 3 saturated heterocycles. The zero-order valence-electron chi connectivity index (χ0n) is 11.7. The Labute approximate surface area is 117 Å². The number of hydrogen-bond donors (Lipinski definition) is 0. The lowest BCUT2D eigenvalue weighted by molar-refractivity contribution is -0.169. The number of rotatable bonds is 3. The Bertz CT molecular complexity index is 522. The second-order valence-electron chi connectivity index (χ2n) is 6.31. The standard InChI is InChI=1S/C14H17NO5/c1-4-13(2,3)12(17)18-9-8-5-7-11(16)19-10(9)14(7,6-15)20-8/h7-10H,4-5H2,1-3H3. The Hall–Kier alpha value is -1.61. The van der Waals surface area contributed by atoms with Crippen LogP contribution in [-0.4, -0.2) is 35.9 Å². The fourth-order valence-electron chi connectivity index (χ4n) is 3.06. The van der Waals surface area contributed by atoms with Crippen molar-refractivity contribution in [1.29, 1.82) is 5.26 Å². The van der Waals surface area contributed by atoms with Crippen LogP contribution in [0.4, 0.5) is 0 Å². The Morgan fingerprint density at radius 3 is 2.90 bits per heavy atom. The molecule has 3 heterocycles. The molecule has 0 radical (unpaired) electrons. The fraction of sp³-hybridized carbons (Fsp3) is 0.786. The first-order valence-corrected chi connectivity index (χ1v) is 6.86. The Kier molecular flexibility index (Phi) is 2.64. The topological polar surface area (TPSA) is 85.6 Å². The van der Waals surface area contributed by atoms with Crippen LogP contribution in [0.2, 0.25) is 0 Å². The summed E-state index contributed by atoms with van der Waals surface area (Å²) < 4.78 is 16.4. The lowest BCUT2D eigenvalue weighted by Gasteiger charge is -2.28. The van der Waals surface area contributed by atoms with Gasteiger partial charge in [0, 0.05) is 0 Å². The number of carbonyl (C=O) groups is 2. The molecule has 0 spiro atoms. The average Bonchev–Trinajstić information content (AvgIpc) is 2.98. The van der Waals surface area contributed by atoms with Crippen LogP contribution in [0.5, 0.6) is 0 Å². The number of hydrogen-bond acceptors (Lipinski definition) is 6. The molecule has 3 fully saturated rings. The molecule has 0 aliphatic carbocycles. The number of carbonyl (C=O) groups excluding carboxylic acids is 2. The molecule has 6 heteroatoms. The summed E-state index contributed by atoms with van der Waals surface area (Å²) in [4.78, 5) is 23.9. The van der Waals surface area contributed by atoms with Crippen LogP contribution in [0.3, 0.4) is 0 Å². The van der Waals surface area contributed by atoms with E-state index in [1.807, 2.05) is 6.92 Å². The van der Waals surface area contributed by atoms with Gasteiger partial charge in [0.25, 0.3) is 0 Å². The van der Waals surface area contributed by atoms with E-state index in [2.05, 4.69) is 6.07 Å². The van der Waals surface area contributed by atoms with E-state index < -0.39 is 41.2 Å². The molecule has 108 valence electrons. The molecule has 0 saturated carbocycles. The molecule has 3 aliphatic rings. The van der Waals surface area contributed by atoms with Crippen molar-refractivity contribution in [2.45, 2.75) is 57.5 Å². The second-order valence-corrected chi connectivity index (χ2v) is 6.31. The van der Waals surface area contributed by atoms with E-state index in [0.717, 1.165) is 0 Å². The predicted octanol–water partition coefficient (Wildman–Crippen LogP) is 0.941. The van der Waals surface area contributed by atoms with E-state index in [9.17, 15) is 14.9 Å². The molecule has 0 N–H and O–H groups in total. The van der Waals surface area contributed by atoms with Crippen LogP contribution in [0, 0.1) is 22.7 Å². The molecular formula is C14H17NO5. The van der Waals surface area contributed by atoms with Gasteiger partial charge in [0.1, 0.15) is 18.1 Å². The maximum atomic E-state index is 12.2. The molecule has 5 unspecified atom stereocenters. The molecule has 2 bridgehead atoms. The third kappa shape index (κ3) is 1.47. The highest BCUT2D eigenvalue weighted by molar-refractivity contribution is 5.81. The zero-order valence-corrected chi connectivity index (χ0v) is 11.7. The van der Waals surface area contributed by atoms with Crippen molar-refractivity contribution in [3.05, 3.63) is 0 Å². The maximum Gasteiger partial charge on any atom is 0.313 e. The number of fused-ring (bicyclic) bond motifs is 1. The highest BCUT2D eigenvalue weighted by atomic mass is 16.7. The molecule has 3 aliphatic heterocycles. The van der Waals surface area contributed by atoms with Gasteiger partial charge in [-0.3, -0.25) is 9.59 Å². The van der Waals surface area contributed by atoms with Crippen LogP contribution in [0.1, 0.15) is 33.6 Å². The molecule has 5 atom stereocenters. The maximum absolute atomic E-state index is 12.2. The van der Waals surface area contributed by atoms with Crippen molar-refractivity contribution < 1.29 is 23.8 Å². The van der Waals surface area contributed by atoms with Crippen molar-refractivity contribution >= 4 is 11.9 Å². The quantitative estimate of drug-likeness (QED) is 0.715. The van der Waals surface area contributed by atoms with Gasteiger partial charge in [0.05, 0.1) is 5.41 Å². The van der Waals surface area contributed by atoms with Crippen molar-refractivity contribution in [3.63, 3.8) is 0 Å². The minimum Gasteiger partial charge on any atom is -0.455 e. The van der Waals surface area contributed by atoms with E-state index in [1.54, 1.807) is 13.8 Å². The first-order chi connectivity index (χ1) is 9.35. The molecule has 0 aromatic carbocycles. The molecular weight excluding hydrogens is 262 g/mol. The van der Waals surface area contributed by atoms with E-state index in [-0.39, 0.29) is 5.97 Å². The lowest BCUT2D eigenvalue weighted by Crippen LogP contribution is -2.48. The normalized spacial score (nSPS) is 41.4. The van der Waals surface area contributed by atoms with Crippen LogP contribution < -0.4 is 0 Å². The average molecular weight is 279 g/mol. The first kappa shape index (κ1) is 13.4. The molecule has 6 nitrogen and oxygen atoms in total. The lowest BCUT2D eigenvalue weighted by atomic mass is 9.78. The number of ether oxygens (including phenoxy) is 3. The largest absolute Gasteiger partial charge is 0.455 e. The van der Waals surface area contributed by atoms with Gasteiger partial charge in [-0.25, -0.2) is 0 Å². The molecule has 0 aromatic heterocycles. The molecule has 0 aromatic rings. The van der Waals surface area contributed by atoms with E-state index in [1.165, 1.54) is 0 Å². The van der Waals surface area contributed by atoms with Gasteiger partial charge in [0.2, 0.25) is 5.60 Å². The van der Waals surface area contributed by atoms with Crippen molar-refractivity contribution in [1.82, 2.24) is 0 Å². The predicted molar refractivity (Wildman–Crippen MR) is 65.2 cm³/mol. The van der Waals surface area contributed by atoms with Gasteiger partial charge in [-0.2, -0.15) is 5.26 Å². The van der Waals surface area contributed by atoms with Gasteiger partial charge in [-0.15, -0.1) is 0 Å². The summed E-state index contributed by atoms with van der Waals surface area (Å²) in [6.45, 7) is 5.50. The smallest absolute Gasteiger partial charge is 0.313 e. The summed E-state index contributed by atoms with van der Waals surface area (Å²) in [5.41, 5.74) is -1.87. The Balaban J connectivity index is 1.83. The highest BCUT2D eigenvalue weighted by Gasteiger charge is 2.75. The summed E-state index contributed by atoms with van der Waals surface area (Å²) in [7, 11) is 0. The van der Waals surface area contributed by atoms with Gasteiger partial charge < -0.3 is 14.2 Å². The van der Waals surface area contributed by atoms with Crippen LogP contribution in [0.25, 0.3) is 0 Å². The van der Waals surface area contributed by atoms with Gasteiger partial charge in [-0.1, -0.05) is 6.92 Å². The molecule has 3 rings (SSSR count). The van der Waals surface area contributed by atoms with Crippen LogP contribution in [0.15, 0.2) is 0 Å². The van der Waals surface area contributed by atoms with E-state index in [4.69, 9.17) is 14.2 Å². The SMILES string of the molecule is CCC(C)(C)C(=O)OC1C2CC3C(=O)OC1C3(C#N)O2. The zero-order chi connectivity index (χ0) is 14.7. The summed E-state index contributed by atoms with van der Waals surface area (Å²) in [6, 6.07) is 2.06. The Morgan fingerprint density at radius 1 is 1.60 bits per heavy atom. The number of nitrogens with zero attached hydrogens (tertiary/aromatic N) is 1. The van der Waals surface area contributed by atoms with Crippen LogP contribution >= 0.6 is 0 Å². The molecule has 20 heavy (non-hydrogen) atoms. The minimum absolute atomic E-state index is 0.353. The fourth-order valence-corrected chi connectivity index (χ4v) is 3.06. The third-order valence-corrected chi connectivity index (χ3v) is 4.80. The van der Waals surface area contributed by atoms with E-state index >= 15 is 0 Å². The van der Waals surface area contributed by atoms with Crippen molar-refractivity contribution in [2.75, 3.05) is 0 Å². The van der Waals surface area contributed by atoms with Crippen LogP contribution in [-0.2, 0) is 23.8 Å². The third-order valence-electron chi connectivity index (χ3n) is 4.80. The van der Waals surface area contributed by atoms with Gasteiger partial charge in [0.15, 0.2) is 12.2 Å². The van der Waals surface area contributed by atoms with Gasteiger partial charge >= 0.3 is 11.9 Å².